The molecule has 0 aromatic heterocycles. The molecule has 0 radical (unpaired) electrons. The van der Waals surface area contributed by atoms with Gasteiger partial charge in [-0.1, -0.05) is 48.5 Å². The van der Waals surface area contributed by atoms with Crippen LogP contribution in [-0.2, 0) is 6.42 Å². The van der Waals surface area contributed by atoms with E-state index in [1.165, 1.54) is 12.0 Å². The van der Waals surface area contributed by atoms with Crippen molar-refractivity contribution in [2.24, 2.45) is 0 Å². The number of carbonyl (C=O) groups excluding carboxylic acids is 1. The highest BCUT2D eigenvalue weighted by atomic mass is 16.2. The van der Waals surface area contributed by atoms with Gasteiger partial charge in [0.05, 0.1) is 0 Å². The molecule has 0 aliphatic carbocycles. The molecule has 0 bridgehead atoms. The summed E-state index contributed by atoms with van der Waals surface area (Å²) in [5, 5.41) is 3.50. The summed E-state index contributed by atoms with van der Waals surface area (Å²) in [5.74, 6) is 0.134. The molecular formula is C20H24N2O. The summed E-state index contributed by atoms with van der Waals surface area (Å²) in [6, 6.07) is 20.4. The molecule has 1 fully saturated rings. The molecule has 3 heteroatoms. The van der Waals surface area contributed by atoms with Crippen LogP contribution >= 0.6 is 0 Å². The van der Waals surface area contributed by atoms with Crippen molar-refractivity contribution >= 4 is 5.91 Å². The summed E-state index contributed by atoms with van der Waals surface area (Å²) in [6.07, 6.45) is 3.26. The lowest BCUT2D eigenvalue weighted by Gasteiger charge is -2.26. The largest absolute Gasteiger partial charge is 0.337 e. The molecule has 1 atom stereocenters. The number of benzene rings is 2. The third-order valence-electron chi connectivity index (χ3n) is 4.42. The number of rotatable bonds is 6. The van der Waals surface area contributed by atoms with E-state index in [0.717, 1.165) is 38.0 Å². The zero-order valence-corrected chi connectivity index (χ0v) is 13.4. The van der Waals surface area contributed by atoms with Gasteiger partial charge < -0.3 is 10.2 Å². The van der Waals surface area contributed by atoms with Gasteiger partial charge in [0.25, 0.3) is 5.91 Å². The Morgan fingerprint density at radius 2 is 1.74 bits per heavy atom. The van der Waals surface area contributed by atoms with Crippen molar-refractivity contribution in [3.05, 3.63) is 71.8 Å². The molecule has 3 rings (SSSR count). The zero-order chi connectivity index (χ0) is 15.9. The van der Waals surface area contributed by atoms with Crippen LogP contribution in [0.2, 0.25) is 0 Å². The molecule has 1 aliphatic rings. The van der Waals surface area contributed by atoms with E-state index in [2.05, 4.69) is 29.6 Å². The van der Waals surface area contributed by atoms with E-state index in [0.29, 0.717) is 6.04 Å². The van der Waals surface area contributed by atoms with Crippen LogP contribution in [0.3, 0.4) is 0 Å². The molecule has 1 heterocycles. The van der Waals surface area contributed by atoms with Crippen LogP contribution in [0.25, 0.3) is 0 Å². The van der Waals surface area contributed by atoms with Crippen LogP contribution in [0, 0.1) is 0 Å². The molecule has 1 saturated heterocycles. The lowest BCUT2D eigenvalue weighted by molar-refractivity contribution is 0.0744. The van der Waals surface area contributed by atoms with Gasteiger partial charge in [-0.15, -0.1) is 0 Å². The Balaban J connectivity index is 1.69. The minimum Gasteiger partial charge on any atom is -0.337 e. The van der Waals surface area contributed by atoms with Gasteiger partial charge in [-0.3, -0.25) is 4.79 Å². The van der Waals surface area contributed by atoms with E-state index in [9.17, 15) is 4.79 Å². The van der Waals surface area contributed by atoms with Gasteiger partial charge in [-0.25, -0.2) is 0 Å². The van der Waals surface area contributed by atoms with Crippen molar-refractivity contribution < 1.29 is 4.79 Å². The zero-order valence-electron chi connectivity index (χ0n) is 13.4. The van der Waals surface area contributed by atoms with Crippen molar-refractivity contribution in [3.8, 4) is 0 Å². The molecule has 1 N–H and O–H groups in total. The first-order chi connectivity index (χ1) is 11.3. The van der Waals surface area contributed by atoms with Crippen LogP contribution < -0.4 is 5.32 Å². The second-order valence-corrected chi connectivity index (χ2v) is 6.15. The minimum atomic E-state index is 0.134. The van der Waals surface area contributed by atoms with E-state index in [1.807, 2.05) is 41.3 Å². The molecule has 1 aliphatic heterocycles. The van der Waals surface area contributed by atoms with Crippen molar-refractivity contribution in [1.29, 1.82) is 0 Å². The lowest BCUT2D eigenvalue weighted by atomic mass is 10.1. The fraction of sp³-hybridized carbons (Fsp3) is 0.350. The Hall–Kier alpha value is -2.13. The minimum absolute atomic E-state index is 0.134. The van der Waals surface area contributed by atoms with Gasteiger partial charge in [0.15, 0.2) is 0 Å². The van der Waals surface area contributed by atoms with Gasteiger partial charge in [0, 0.05) is 24.7 Å². The van der Waals surface area contributed by atoms with E-state index in [4.69, 9.17) is 0 Å². The molecular weight excluding hydrogens is 284 g/mol. The van der Waals surface area contributed by atoms with Crippen LogP contribution in [0.5, 0.6) is 0 Å². The lowest BCUT2D eigenvalue weighted by Crippen LogP contribution is -2.42. The Kier molecular flexibility index (Phi) is 5.43. The van der Waals surface area contributed by atoms with Gasteiger partial charge in [0.1, 0.15) is 0 Å². The first-order valence-corrected chi connectivity index (χ1v) is 8.44. The molecule has 3 nitrogen and oxygen atoms in total. The molecule has 120 valence electrons. The Morgan fingerprint density at radius 3 is 2.39 bits per heavy atom. The van der Waals surface area contributed by atoms with E-state index in [1.54, 1.807) is 0 Å². The Labute approximate surface area is 138 Å². The molecule has 1 amide bonds. The highest BCUT2D eigenvalue weighted by molar-refractivity contribution is 5.94. The number of nitrogens with one attached hydrogen (secondary N) is 1. The van der Waals surface area contributed by atoms with Crippen LogP contribution in [0.4, 0.5) is 0 Å². The molecule has 0 saturated carbocycles. The monoisotopic (exact) mass is 308 g/mol. The average molecular weight is 308 g/mol. The van der Waals surface area contributed by atoms with Gasteiger partial charge in [-0.2, -0.15) is 0 Å². The molecule has 0 unspecified atom stereocenters. The predicted molar refractivity (Wildman–Crippen MR) is 93.5 cm³/mol. The number of hydrogen-bond acceptors (Lipinski definition) is 2. The third kappa shape index (κ3) is 4.42. The summed E-state index contributed by atoms with van der Waals surface area (Å²) >= 11 is 0. The molecule has 0 spiro atoms. The van der Waals surface area contributed by atoms with Crippen LogP contribution in [0.15, 0.2) is 60.7 Å². The van der Waals surface area contributed by atoms with E-state index < -0.39 is 0 Å². The first-order valence-electron chi connectivity index (χ1n) is 8.44. The van der Waals surface area contributed by atoms with Crippen molar-refractivity contribution in [2.45, 2.75) is 25.3 Å². The average Bonchev–Trinajstić information content (AvgIpc) is 3.13. The third-order valence-corrected chi connectivity index (χ3v) is 4.42. The van der Waals surface area contributed by atoms with Crippen LogP contribution in [0.1, 0.15) is 28.8 Å². The maximum Gasteiger partial charge on any atom is 0.253 e. The SMILES string of the molecule is O=C(c1ccccc1)N(CCc1ccccc1)C[C@@H]1CCCN1. The van der Waals surface area contributed by atoms with Crippen molar-refractivity contribution in [1.82, 2.24) is 10.2 Å². The highest BCUT2D eigenvalue weighted by Crippen LogP contribution is 2.12. The molecule has 23 heavy (non-hydrogen) atoms. The summed E-state index contributed by atoms with van der Waals surface area (Å²) in [7, 11) is 0. The van der Waals surface area contributed by atoms with E-state index in [-0.39, 0.29) is 5.91 Å². The number of hydrogen-bond donors (Lipinski definition) is 1. The maximum atomic E-state index is 12.9. The molecule has 2 aromatic carbocycles. The maximum absolute atomic E-state index is 12.9. The van der Waals surface area contributed by atoms with Crippen molar-refractivity contribution in [3.63, 3.8) is 0 Å². The fourth-order valence-corrected chi connectivity index (χ4v) is 3.13. The van der Waals surface area contributed by atoms with Gasteiger partial charge >= 0.3 is 0 Å². The Bertz CT molecular complexity index is 606. The number of nitrogens with zero attached hydrogens (tertiary/aromatic N) is 1. The Morgan fingerprint density at radius 1 is 1.04 bits per heavy atom. The second-order valence-electron chi connectivity index (χ2n) is 6.15. The topological polar surface area (TPSA) is 32.3 Å². The van der Waals surface area contributed by atoms with Gasteiger partial charge in [-0.05, 0) is 43.5 Å². The number of amides is 1. The number of carbonyl (C=O) groups is 1. The summed E-state index contributed by atoms with van der Waals surface area (Å²) < 4.78 is 0. The summed E-state index contributed by atoms with van der Waals surface area (Å²) in [6.45, 7) is 2.62. The highest BCUT2D eigenvalue weighted by Gasteiger charge is 2.22. The molecule has 2 aromatic rings. The van der Waals surface area contributed by atoms with Gasteiger partial charge in [0.2, 0.25) is 0 Å². The van der Waals surface area contributed by atoms with Crippen LogP contribution in [-0.4, -0.2) is 36.5 Å². The second kappa shape index (κ2) is 7.93. The fourth-order valence-electron chi connectivity index (χ4n) is 3.13. The summed E-state index contributed by atoms with van der Waals surface area (Å²) in [4.78, 5) is 14.9. The van der Waals surface area contributed by atoms with Crippen molar-refractivity contribution in [2.75, 3.05) is 19.6 Å². The summed E-state index contributed by atoms with van der Waals surface area (Å²) in [5.41, 5.74) is 2.05. The van der Waals surface area contributed by atoms with E-state index >= 15 is 0 Å². The quantitative estimate of drug-likeness (QED) is 0.889. The standard InChI is InChI=1S/C20H24N2O/c23-20(18-10-5-2-6-11-18)22(16-19-12-7-14-21-19)15-13-17-8-3-1-4-9-17/h1-6,8-11,19,21H,7,12-16H2/t19-/m0/s1. The predicted octanol–water partition coefficient (Wildman–Crippen LogP) is 3.12. The normalized spacial score (nSPS) is 17.1. The smallest absolute Gasteiger partial charge is 0.253 e. The first kappa shape index (κ1) is 15.8.